The van der Waals surface area contributed by atoms with Gasteiger partial charge in [-0.05, 0) is 17.9 Å². The number of carbonyl (C=O) groups is 1. The molecule has 2 unspecified atom stereocenters. The van der Waals surface area contributed by atoms with Crippen LogP contribution in [0.2, 0.25) is 0 Å². The molecule has 1 fully saturated rings. The minimum Gasteiger partial charge on any atom is -0.396 e. The van der Waals surface area contributed by atoms with Crippen LogP contribution in [0.25, 0.3) is 0 Å². The van der Waals surface area contributed by atoms with Crippen molar-refractivity contribution < 1.29 is 9.90 Å². The minimum absolute atomic E-state index is 0.0155. The van der Waals surface area contributed by atoms with Gasteiger partial charge in [0.2, 0.25) is 0 Å². The molecule has 1 aliphatic rings. The van der Waals surface area contributed by atoms with Gasteiger partial charge in [-0.15, -0.1) is 0 Å². The number of Topliss-reactive ketones (excluding diaryl/α,β-unsaturated/α-hetero) is 1. The van der Waals surface area contributed by atoms with E-state index in [4.69, 9.17) is 5.11 Å². The molecular weight excluding hydrogens is 176 g/mol. The Morgan fingerprint density at radius 1 is 1.29 bits per heavy atom. The van der Waals surface area contributed by atoms with E-state index < -0.39 is 0 Å². The van der Waals surface area contributed by atoms with Gasteiger partial charge in [0.05, 0.1) is 6.61 Å². The Balaban J connectivity index is 2.23. The molecule has 0 radical (unpaired) electrons. The van der Waals surface area contributed by atoms with Crippen molar-refractivity contribution in [3.05, 3.63) is 35.9 Å². The summed E-state index contributed by atoms with van der Waals surface area (Å²) in [5.41, 5.74) is 1.18. The zero-order chi connectivity index (χ0) is 9.97. The molecule has 2 nitrogen and oxygen atoms in total. The van der Waals surface area contributed by atoms with E-state index in [1.54, 1.807) is 0 Å². The first-order chi connectivity index (χ1) is 6.83. The summed E-state index contributed by atoms with van der Waals surface area (Å²) in [6.45, 7) is -0.0155. The van der Waals surface area contributed by atoms with E-state index in [-0.39, 0.29) is 24.2 Å². The van der Waals surface area contributed by atoms with Crippen LogP contribution < -0.4 is 0 Å². The quantitative estimate of drug-likeness (QED) is 0.771. The van der Waals surface area contributed by atoms with Gasteiger partial charge in [-0.1, -0.05) is 30.3 Å². The molecule has 74 valence electrons. The molecule has 2 rings (SSSR count). The number of benzene rings is 1. The molecule has 0 heterocycles. The second kappa shape index (κ2) is 3.93. The van der Waals surface area contributed by atoms with Crippen LogP contribution in [0.5, 0.6) is 0 Å². The molecule has 1 N–H and O–H groups in total. The van der Waals surface area contributed by atoms with E-state index in [1.165, 1.54) is 5.56 Å². The van der Waals surface area contributed by atoms with Gasteiger partial charge in [0.1, 0.15) is 5.78 Å². The van der Waals surface area contributed by atoms with Crippen LogP contribution in [0, 0.1) is 5.92 Å². The molecule has 0 aliphatic heterocycles. The normalized spacial score (nSPS) is 26.8. The van der Waals surface area contributed by atoms with Crippen molar-refractivity contribution in [2.45, 2.75) is 18.8 Å². The average Bonchev–Trinajstić information content (AvgIpc) is 2.61. The third kappa shape index (κ3) is 1.58. The van der Waals surface area contributed by atoms with E-state index in [0.29, 0.717) is 6.42 Å². The Kier molecular flexibility index (Phi) is 2.64. The summed E-state index contributed by atoms with van der Waals surface area (Å²) in [5, 5.41) is 9.15. The fourth-order valence-corrected chi connectivity index (χ4v) is 2.24. The van der Waals surface area contributed by atoms with Crippen LogP contribution in [0.4, 0.5) is 0 Å². The second-order valence-corrected chi connectivity index (χ2v) is 3.81. The Hall–Kier alpha value is -1.15. The van der Waals surface area contributed by atoms with Gasteiger partial charge in [-0.3, -0.25) is 4.79 Å². The zero-order valence-electron chi connectivity index (χ0n) is 8.02. The summed E-state index contributed by atoms with van der Waals surface area (Å²) in [4.78, 5) is 11.4. The standard InChI is InChI=1S/C12H14O2/c13-8-11-10(6-7-12(11)14)9-4-2-1-3-5-9/h1-5,10-11,13H,6-8H2. The van der Waals surface area contributed by atoms with Crippen LogP contribution in [0.3, 0.4) is 0 Å². The highest BCUT2D eigenvalue weighted by atomic mass is 16.3. The summed E-state index contributed by atoms with van der Waals surface area (Å²) in [6.07, 6.45) is 1.50. The fraction of sp³-hybridized carbons (Fsp3) is 0.417. The van der Waals surface area contributed by atoms with E-state index in [0.717, 1.165) is 6.42 Å². The predicted octanol–water partition coefficient (Wildman–Crippen LogP) is 1.74. The summed E-state index contributed by atoms with van der Waals surface area (Å²) in [5.74, 6) is 0.271. The number of rotatable bonds is 2. The maximum absolute atomic E-state index is 11.4. The molecule has 1 aromatic rings. The molecule has 1 aliphatic carbocycles. The molecule has 14 heavy (non-hydrogen) atoms. The van der Waals surface area contributed by atoms with Crippen LogP contribution in [-0.4, -0.2) is 17.5 Å². The molecule has 0 saturated heterocycles. The number of aliphatic hydroxyl groups is 1. The van der Waals surface area contributed by atoms with Gasteiger partial charge < -0.3 is 5.11 Å². The Morgan fingerprint density at radius 3 is 2.64 bits per heavy atom. The third-order valence-electron chi connectivity index (χ3n) is 3.03. The second-order valence-electron chi connectivity index (χ2n) is 3.81. The van der Waals surface area contributed by atoms with E-state index in [9.17, 15) is 4.79 Å². The van der Waals surface area contributed by atoms with Gasteiger partial charge in [0.25, 0.3) is 0 Å². The first kappa shape index (κ1) is 9.41. The molecule has 0 bridgehead atoms. The fourth-order valence-electron chi connectivity index (χ4n) is 2.24. The van der Waals surface area contributed by atoms with Crippen molar-refractivity contribution >= 4 is 5.78 Å². The third-order valence-corrected chi connectivity index (χ3v) is 3.03. The molecule has 2 heteroatoms. The van der Waals surface area contributed by atoms with Crippen molar-refractivity contribution in [1.82, 2.24) is 0 Å². The maximum atomic E-state index is 11.4. The van der Waals surface area contributed by atoms with E-state index >= 15 is 0 Å². The first-order valence-corrected chi connectivity index (χ1v) is 5.01. The minimum atomic E-state index is -0.169. The highest BCUT2D eigenvalue weighted by Gasteiger charge is 2.34. The van der Waals surface area contributed by atoms with Crippen LogP contribution in [0.15, 0.2) is 30.3 Å². The van der Waals surface area contributed by atoms with Crippen LogP contribution >= 0.6 is 0 Å². The molecule has 0 aromatic heterocycles. The molecule has 1 saturated carbocycles. The van der Waals surface area contributed by atoms with Crippen molar-refractivity contribution in [2.75, 3.05) is 6.61 Å². The van der Waals surface area contributed by atoms with Gasteiger partial charge in [-0.2, -0.15) is 0 Å². The van der Waals surface area contributed by atoms with Crippen molar-refractivity contribution in [1.29, 1.82) is 0 Å². The Morgan fingerprint density at radius 2 is 2.00 bits per heavy atom. The lowest BCUT2D eigenvalue weighted by molar-refractivity contribution is -0.121. The van der Waals surface area contributed by atoms with Crippen molar-refractivity contribution in [3.63, 3.8) is 0 Å². The molecular formula is C12H14O2. The lowest BCUT2D eigenvalue weighted by Gasteiger charge is -2.15. The predicted molar refractivity (Wildman–Crippen MR) is 54.0 cm³/mol. The summed E-state index contributed by atoms with van der Waals surface area (Å²) >= 11 is 0. The maximum Gasteiger partial charge on any atom is 0.138 e. The first-order valence-electron chi connectivity index (χ1n) is 5.01. The summed E-state index contributed by atoms with van der Waals surface area (Å²) in [7, 11) is 0. The van der Waals surface area contributed by atoms with E-state index in [2.05, 4.69) is 0 Å². The summed E-state index contributed by atoms with van der Waals surface area (Å²) in [6, 6.07) is 9.99. The van der Waals surface area contributed by atoms with Crippen LogP contribution in [0.1, 0.15) is 24.3 Å². The average molecular weight is 190 g/mol. The number of hydrogen-bond donors (Lipinski definition) is 1. The SMILES string of the molecule is O=C1CCC(c2ccccc2)C1CO. The largest absolute Gasteiger partial charge is 0.396 e. The van der Waals surface area contributed by atoms with Gasteiger partial charge in [0, 0.05) is 12.3 Å². The molecule has 2 atom stereocenters. The van der Waals surface area contributed by atoms with Gasteiger partial charge in [-0.25, -0.2) is 0 Å². The van der Waals surface area contributed by atoms with E-state index in [1.807, 2.05) is 30.3 Å². The summed E-state index contributed by atoms with van der Waals surface area (Å²) < 4.78 is 0. The van der Waals surface area contributed by atoms with Crippen molar-refractivity contribution in [2.24, 2.45) is 5.92 Å². The Labute approximate surface area is 83.6 Å². The topological polar surface area (TPSA) is 37.3 Å². The number of hydrogen-bond acceptors (Lipinski definition) is 2. The lowest BCUT2D eigenvalue weighted by atomic mass is 9.89. The van der Waals surface area contributed by atoms with Gasteiger partial charge >= 0.3 is 0 Å². The smallest absolute Gasteiger partial charge is 0.138 e. The Bertz CT molecular complexity index is 318. The van der Waals surface area contributed by atoms with Crippen molar-refractivity contribution in [3.8, 4) is 0 Å². The monoisotopic (exact) mass is 190 g/mol. The molecule has 0 amide bonds. The van der Waals surface area contributed by atoms with Crippen LogP contribution in [-0.2, 0) is 4.79 Å². The highest BCUT2D eigenvalue weighted by Crippen LogP contribution is 2.36. The lowest BCUT2D eigenvalue weighted by Crippen LogP contribution is -2.17. The molecule has 0 spiro atoms. The number of ketones is 1. The number of aliphatic hydroxyl groups excluding tert-OH is 1. The number of carbonyl (C=O) groups excluding carboxylic acids is 1. The highest BCUT2D eigenvalue weighted by molar-refractivity contribution is 5.84. The van der Waals surface area contributed by atoms with Gasteiger partial charge in [0.15, 0.2) is 0 Å². The zero-order valence-corrected chi connectivity index (χ0v) is 8.02. The molecule has 1 aromatic carbocycles.